The molecule has 1 aromatic carbocycles. The Morgan fingerprint density at radius 2 is 1.93 bits per heavy atom. The van der Waals surface area contributed by atoms with E-state index in [4.69, 9.17) is 16.6 Å². The molecule has 0 N–H and O–H groups in total. The van der Waals surface area contributed by atoms with E-state index >= 15 is 0 Å². The quantitative estimate of drug-likeness (QED) is 0.617. The van der Waals surface area contributed by atoms with Gasteiger partial charge in [0, 0.05) is 28.4 Å². The summed E-state index contributed by atoms with van der Waals surface area (Å²) in [5.41, 5.74) is 2.10. The highest BCUT2D eigenvalue weighted by Gasteiger charge is 2.24. The number of aromatic nitrogens is 2. The van der Waals surface area contributed by atoms with Crippen molar-refractivity contribution in [2.75, 3.05) is 20.1 Å². The molecule has 0 radical (unpaired) electrons. The number of likely N-dealkylation sites (tertiary alicyclic amines) is 1. The van der Waals surface area contributed by atoms with Crippen molar-refractivity contribution in [3.63, 3.8) is 0 Å². The van der Waals surface area contributed by atoms with Gasteiger partial charge in [-0.2, -0.15) is 0 Å². The second kappa shape index (κ2) is 7.74. The van der Waals surface area contributed by atoms with Crippen molar-refractivity contribution in [3.05, 3.63) is 50.8 Å². The highest BCUT2D eigenvalue weighted by atomic mass is 35.5. The van der Waals surface area contributed by atoms with Gasteiger partial charge in [0.05, 0.1) is 5.39 Å². The second-order valence-electron chi connectivity index (χ2n) is 7.32. The highest BCUT2D eigenvalue weighted by molar-refractivity contribution is 7.17. The topological polar surface area (TPSA) is 38.1 Å². The first-order chi connectivity index (χ1) is 13.1. The normalized spacial score (nSPS) is 16.3. The van der Waals surface area contributed by atoms with Crippen molar-refractivity contribution in [3.8, 4) is 11.1 Å². The average molecular weight is 402 g/mol. The molecule has 1 saturated heterocycles. The van der Waals surface area contributed by atoms with Gasteiger partial charge in [0.1, 0.15) is 10.7 Å². The van der Waals surface area contributed by atoms with E-state index in [0.717, 1.165) is 65.9 Å². The first-order valence-corrected chi connectivity index (χ1v) is 10.8. The summed E-state index contributed by atoms with van der Waals surface area (Å²) >= 11 is 7.59. The van der Waals surface area contributed by atoms with E-state index in [1.807, 2.05) is 28.8 Å². The molecule has 3 heterocycles. The molecule has 2 aromatic heterocycles. The smallest absolute Gasteiger partial charge is 0.263 e. The van der Waals surface area contributed by atoms with Gasteiger partial charge in [-0.25, -0.2) is 4.98 Å². The third-order valence-electron chi connectivity index (χ3n) is 5.40. The summed E-state index contributed by atoms with van der Waals surface area (Å²) in [5, 5.41) is 3.50. The Morgan fingerprint density at radius 1 is 1.22 bits per heavy atom. The zero-order valence-electron chi connectivity index (χ0n) is 15.7. The number of nitrogens with zero attached hydrogens (tertiary/aromatic N) is 3. The summed E-state index contributed by atoms with van der Waals surface area (Å²) in [6, 6.07) is 7.93. The van der Waals surface area contributed by atoms with Crippen molar-refractivity contribution >= 4 is 33.2 Å². The van der Waals surface area contributed by atoms with Crippen LogP contribution in [0, 0.1) is 0 Å². The van der Waals surface area contributed by atoms with E-state index in [-0.39, 0.29) is 11.6 Å². The largest absolute Gasteiger partial charge is 0.306 e. The van der Waals surface area contributed by atoms with Crippen molar-refractivity contribution in [2.24, 2.45) is 0 Å². The summed E-state index contributed by atoms with van der Waals surface area (Å²) in [5.74, 6) is 0.939. The molecule has 142 valence electrons. The van der Waals surface area contributed by atoms with Crippen LogP contribution in [0.25, 0.3) is 21.3 Å². The Labute approximate surface area is 168 Å². The van der Waals surface area contributed by atoms with Crippen LogP contribution in [0.15, 0.2) is 34.4 Å². The summed E-state index contributed by atoms with van der Waals surface area (Å²) in [7, 11) is 2.14. The average Bonchev–Trinajstić information content (AvgIpc) is 3.08. The molecule has 4 nitrogen and oxygen atoms in total. The van der Waals surface area contributed by atoms with Crippen molar-refractivity contribution in [1.29, 1.82) is 0 Å². The number of benzene rings is 1. The first kappa shape index (κ1) is 18.7. The molecule has 0 spiro atoms. The Hall–Kier alpha value is -1.69. The van der Waals surface area contributed by atoms with Gasteiger partial charge in [-0.1, -0.05) is 30.7 Å². The maximum atomic E-state index is 13.6. The van der Waals surface area contributed by atoms with Gasteiger partial charge >= 0.3 is 0 Å². The van der Waals surface area contributed by atoms with E-state index in [1.165, 1.54) is 0 Å². The Morgan fingerprint density at radius 3 is 2.59 bits per heavy atom. The van der Waals surface area contributed by atoms with Crippen LogP contribution >= 0.6 is 22.9 Å². The Balaban J connectivity index is 1.88. The molecule has 6 heteroatoms. The Kier molecular flexibility index (Phi) is 5.35. The van der Waals surface area contributed by atoms with E-state index in [9.17, 15) is 4.79 Å². The van der Waals surface area contributed by atoms with E-state index in [1.54, 1.807) is 11.3 Å². The van der Waals surface area contributed by atoms with Gasteiger partial charge in [0.25, 0.3) is 5.56 Å². The van der Waals surface area contributed by atoms with Crippen LogP contribution in [0.1, 0.15) is 38.1 Å². The summed E-state index contributed by atoms with van der Waals surface area (Å²) in [4.78, 5) is 21.7. The first-order valence-electron chi connectivity index (χ1n) is 9.55. The van der Waals surface area contributed by atoms with Crippen LogP contribution in [0.4, 0.5) is 0 Å². The van der Waals surface area contributed by atoms with E-state index < -0.39 is 0 Å². The van der Waals surface area contributed by atoms with Crippen molar-refractivity contribution < 1.29 is 0 Å². The number of fused-ring (bicyclic) bond motifs is 1. The Bertz CT molecular complexity index is 1000. The fourth-order valence-corrected chi connectivity index (χ4v) is 5.00. The highest BCUT2D eigenvalue weighted by Crippen LogP contribution is 2.33. The molecule has 0 saturated carbocycles. The lowest BCUT2D eigenvalue weighted by Crippen LogP contribution is -2.37. The number of rotatable bonds is 4. The van der Waals surface area contributed by atoms with E-state index in [2.05, 4.69) is 24.3 Å². The molecule has 27 heavy (non-hydrogen) atoms. The molecule has 0 atom stereocenters. The molecule has 0 aliphatic carbocycles. The molecule has 0 amide bonds. The zero-order valence-corrected chi connectivity index (χ0v) is 17.3. The summed E-state index contributed by atoms with van der Waals surface area (Å²) < 4.78 is 2.00. The third kappa shape index (κ3) is 3.56. The number of hydrogen-bond acceptors (Lipinski definition) is 4. The standard InChI is InChI=1S/C21H24ClN3OS/c1-3-4-18-23-20-19(17(13-27-20)14-5-7-15(22)8-6-14)21(26)25(18)16-9-11-24(2)12-10-16/h5-8,13,16H,3-4,9-12H2,1-2H3. The monoisotopic (exact) mass is 401 g/mol. The number of aryl methyl sites for hydroxylation is 1. The van der Waals surface area contributed by atoms with E-state index in [0.29, 0.717) is 5.02 Å². The molecular formula is C21H24ClN3OS. The van der Waals surface area contributed by atoms with Crippen LogP contribution in [-0.2, 0) is 6.42 Å². The zero-order chi connectivity index (χ0) is 19.0. The van der Waals surface area contributed by atoms with Gasteiger partial charge in [0.15, 0.2) is 0 Å². The number of piperidine rings is 1. The predicted molar refractivity (Wildman–Crippen MR) is 114 cm³/mol. The molecule has 1 fully saturated rings. The minimum atomic E-state index is 0.115. The third-order valence-corrected chi connectivity index (χ3v) is 6.52. The van der Waals surface area contributed by atoms with Crippen molar-refractivity contribution in [1.82, 2.24) is 14.5 Å². The van der Waals surface area contributed by atoms with Crippen LogP contribution in [0.3, 0.4) is 0 Å². The lowest BCUT2D eigenvalue weighted by molar-refractivity contribution is 0.215. The minimum absolute atomic E-state index is 0.115. The second-order valence-corrected chi connectivity index (χ2v) is 8.62. The van der Waals surface area contributed by atoms with Crippen LogP contribution in [0.2, 0.25) is 5.02 Å². The van der Waals surface area contributed by atoms with Gasteiger partial charge in [0.2, 0.25) is 0 Å². The summed E-state index contributed by atoms with van der Waals surface area (Å²) in [6.07, 6.45) is 3.83. The van der Waals surface area contributed by atoms with Gasteiger partial charge in [-0.05, 0) is 57.1 Å². The number of hydrogen-bond donors (Lipinski definition) is 0. The minimum Gasteiger partial charge on any atom is -0.306 e. The molecule has 0 unspecified atom stereocenters. The lowest BCUT2D eigenvalue weighted by Gasteiger charge is -2.31. The van der Waals surface area contributed by atoms with Crippen molar-refractivity contribution in [2.45, 2.75) is 38.6 Å². The maximum absolute atomic E-state index is 13.6. The fourth-order valence-electron chi connectivity index (χ4n) is 3.92. The van der Waals surface area contributed by atoms with Gasteiger partial charge < -0.3 is 4.90 Å². The number of halogens is 1. The number of thiophene rings is 1. The predicted octanol–water partition coefficient (Wildman–Crippen LogP) is 5.00. The molecule has 4 rings (SSSR count). The van der Waals surface area contributed by atoms with Crippen LogP contribution < -0.4 is 5.56 Å². The summed E-state index contributed by atoms with van der Waals surface area (Å²) in [6.45, 7) is 4.19. The van der Waals surface area contributed by atoms with Gasteiger partial charge in [-0.3, -0.25) is 9.36 Å². The van der Waals surface area contributed by atoms with Gasteiger partial charge in [-0.15, -0.1) is 11.3 Å². The molecule has 1 aliphatic rings. The lowest BCUT2D eigenvalue weighted by atomic mass is 10.0. The molecule has 0 bridgehead atoms. The maximum Gasteiger partial charge on any atom is 0.263 e. The SMILES string of the molecule is CCCc1nc2scc(-c3ccc(Cl)cc3)c2c(=O)n1C1CCN(C)CC1. The molecular weight excluding hydrogens is 378 g/mol. The van der Waals surface area contributed by atoms with Crippen LogP contribution in [0.5, 0.6) is 0 Å². The fraction of sp³-hybridized carbons (Fsp3) is 0.429. The molecule has 3 aromatic rings. The molecule has 1 aliphatic heterocycles. The van der Waals surface area contributed by atoms with Crippen LogP contribution in [-0.4, -0.2) is 34.6 Å².